The molecule has 0 amide bonds. The molecule has 6 heteroatoms. The van der Waals surface area contributed by atoms with Crippen LogP contribution >= 0.6 is 0 Å². The van der Waals surface area contributed by atoms with Gasteiger partial charge in [0.2, 0.25) is 5.88 Å². The number of nitrogens with zero attached hydrogens (tertiary/aromatic N) is 2. The summed E-state index contributed by atoms with van der Waals surface area (Å²) in [7, 11) is 1.29. The van der Waals surface area contributed by atoms with Crippen LogP contribution in [0.1, 0.15) is 24.3 Å². The van der Waals surface area contributed by atoms with Gasteiger partial charge in [-0.15, -0.1) is 0 Å². The highest BCUT2D eigenvalue weighted by Crippen LogP contribution is 2.07. The fourth-order valence-electron chi connectivity index (χ4n) is 1.11. The first-order valence-corrected chi connectivity index (χ1v) is 5.32. The first-order valence-electron chi connectivity index (χ1n) is 5.32. The first kappa shape index (κ1) is 13.4. The minimum Gasteiger partial charge on any atom is -0.471 e. The van der Waals surface area contributed by atoms with Gasteiger partial charge < -0.3 is 14.2 Å². The van der Waals surface area contributed by atoms with Crippen LogP contribution in [0.3, 0.4) is 0 Å². The Bertz CT molecular complexity index is 353. The SMILES string of the molecule is CCOCC(C)Oc1cnc(C(=O)OC)cn1. The Morgan fingerprint density at radius 1 is 1.41 bits per heavy atom. The lowest BCUT2D eigenvalue weighted by molar-refractivity contribution is 0.0587. The van der Waals surface area contributed by atoms with E-state index >= 15 is 0 Å². The van der Waals surface area contributed by atoms with E-state index in [1.54, 1.807) is 0 Å². The van der Waals surface area contributed by atoms with Crippen molar-refractivity contribution < 1.29 is 19.0 Å². The average Bonchev–Trinajstić information content (AvgIpc) is 2.36. The van der Waals surface area contributed by atoms with E-state index < -0.39 is 5.97 Å². The zero-order valence-corrected chi connectivity index (χ0v) is 10.2. The molecule has 0 saturated carbocycles. The number of rotatable bonds is 6. The number of hydrogen-bond donors (Lipinski definition) is 0. The van der Waals surface area contributed by atoms with Crippen molar-refractivity contribution in [3.8, 4) is 5.88 Å². The summed E-state index contributed by atoms with van der Waals surface area (Å²) >= 11 is 0. The summed E-state index contributed by atoms with van der Waals surface area (Å²) in [6.07, 6.45) is 2.58. The average molecular weight is 240 g/mol. The summed E-state index contributed by atoms with van der Waals surface area (Å²) in [5.74, 6) is -0.170. The van der Waals surface area contributed by atoms with Gasteiger partial charge in [-0.05, 0) is 13.8 Å². The molecule has 17 heavy (non-hydrogen) atoms. The van der Waals surface area contributed by atoms with E-state index in [1.807, 2.05) is 13.8 Å². The van der Waals surface area contributed by atoms with E-state index in [2.05, 4.69) is 14.7 Å². The summed E-state index contributed by atoms with van der Waals surface area (Å²) in [5.41, 5.74) is 0.150. The summed E-state index contributed by atoms with van der Waals surface area (Å²) < 4.78 is 15.1. The molecular formula is C11H16N2O4. The Morgan fingerprint density at radius 3 is 2.71 bits per heavy atom. The van der Waals surface area contributed by atoms with E-state index in [9.17, 15) is 4.79 Å². The molecule has 1 aromatic heterocycles. The molecule has 1 rings (SSSR count). The molecule has 0 aromatic carbocycles. The van der Waals surface area contributed by atoms with E-state index in [0.29, 0.717) is 19.1 Å². The van der Waals surface area contributed by atoms with Gasteiger partial charge in [-0.2, -0.15) is 0 Å². The van der Waals surface area contributed by atoms with Crippen molar-refractivity contribution in [1.82, 2.24) is 9.97 Å². The Hall–Kier alpha value is -1.69. The molecule has 0 bridgehead atoms. The van der Waals surface area contributed by atoms with Gasteiger partial charge in [0.15, 0.2) is 5.69 Å². The van der Waals surface area contributed by atoms with E-state index in [0.717, 1.165) is 0 Å². The van der Waals surface area contributed by atoms with Crippen molar-refractivity contribution in [1.29, 1.82) is 0 Å². The second-order valence-electron chi connectivity index (χ2n) is 3.32. The largest absolute Gasteiger partial charge is 0.471 e. The molecule has 0 aliphatic rings. The van der Waals surface area contributed by atoms with Crippen molar-refractivity contribution in [2.45, 2.75) is 20.0 Å². The number of hydrogen-bond acceptors (Lipinski definition) is 6. The highest BCUT2D eigenvalue weighted by Gasteiger charge is 2.09. The molecule has 0 radical (unpaired) electrons. The third-order valence-electron chi connectivity index (χ3n) is 1.90. The second kappa shape index (κ2) is 6.80. The van der Waals surface area contributed by atoms with Crippen molar-refractivity contribution in [2.75, 3.05) is 20.3 Å². The Morgan fingerprint density at radius 2 is 2.18 bits per heavy atom. The zero-order chi connectivity index (χ0) is 12.7. The van der Waals surface area contributed by atoms with Gasteiger partial charge in [0.1, 0.15) is 6.10 Å². The highest BCUT2D eigenvalue weighted by molar-refractivity contribution is 5.86. The molecule has 94 valence electrons. The molecule has 0 N–H and O–H groups in total. The van der Waals surface area contributed by atoms with Crippen molar-refractivity contribution in [2.24, 2.45) is 0 Å². The molecule has 0 spiro atoms. The summed E-state index contributed by atoms with van der Waals surface area (Å²) in [6.45, 7) is 4.90. The summed E-state index contributed by atoms with van der Waals surface area (Å²) in [5, 5.41) is 0. The quantitative estimate of drug-likeness (QED) is 0.692. The van der Waals surface area contributed by atoms with Crippen LogP contribution in [-0.4, -0.2) is 42.4 Å². The fraction of sp³-hybridized carbons (Fsp3) is 0.545. The van der Waals surface area contributed by atoms with Crippen molar-refractivity contribution in [3.63, 3.8) is 0 Å². The Kier molecular flexibility index (Phi) is 5.35. The van der Waals surface area contributed by atoms with E-state index in [4.69, 9.17) is 9.47 Å². The lowest BCUT2D eigenvalue weighted by Gasteiger charge is -2.13. The number of esters is 1. The number of carbonyl (C=O) groups is 1. The van der Waals surface area contributed by atoms with Gasteiger partial charge in [0, 0.05) is 6.61 Å². The third-order valence-corrected chi connectivity index (χ3v) is 1.90. The molecular weight excluding hydrogens is 224 g/mol. The third kappa shape index (κ3) is 4.36. The maximum Gasteiger partial charge on any atom is 0.358 e. The lowest BCUT2D eigenvalue weighted by atomic mass is 10.4. The number of ether oxygens (including phenoxy) is 3. The molecule has 0 aliphatic carbocycles. The van der Waals surface area contributed by atoms with Crippen LogP contribution in [0, 0.1) is 0 Å². The van der Waals surface area contributed by atoms with Crippen molar-refractivity contribution >= 4 is 5.97 Å². The van der Waals surface area contributed by atoms with Crippen LogP contribution in [-0.2, 0) is 9.47 Å². The summed E-state index contributed by atoms with van der Waals surface area (Å²) in [4.78, 5) is 18.9. The van der Waals surface area contributed by atoms with E-state index in [1.165, 1.54) is 19.5 Å². The highest BCUT2D eigenvalue weighted by atomic mass is 16.5. The van der Waals surface area contributed by atoms with Crippen LogP contribution in [0.25, 0.3) is 0 Å². The van der Waals surface area contributed by atoms with E-state index in [-0.39, 0.29) is 11.8 Å². The summed E-state index contributed by atoms with van der Waals surface area (Å²) in [6, 6.07) is 0. The topological polar surface area (TPSA) is 70.5 Å². The lowest BCUT2D eigenvalue weighted by Crippen LogP contribution is -2.20. The van der Waals surface area contributed by atoms with Crippen molar-refractivity contribution in [3.05, 3.63) is 18.1 Å². The monoisotopic (exact) mass is 240 g/mol. The molecule has 1 aromatic rings. The maximum absolute atomic E-state index is 11.1. The molecule has 1 heterocycles. The van der Waals surface area contributed by atoms with Gasteiger partial charge in [0.05, 0.1) is 26.1 Å². The van der Waals surface area contributed by atoms with Crippen LogP contribution in [0.2, 0.25) is 0 Å². The van der Waals surface area contributed by atoms with Gasteiger partial charge in [-0.25, -0.2) is 14.8 Å². The maximum atomic E-state index is 11.1. The normalized spacial score (nSPS) is 11.9. The number of aromatic nitrogens is 2. The van der Waals surface area contributed by atoms with Crippen LogP contribution < -0.4 is 4.74 Å². The van der Waals surface area contributed by atoms with Gasteiger partial charge in [-0.3, -0.25) is 0 Å². The van der Waals surface area contributed by atoms with Gasteiger partial charge >= 0.3 is 5.97 Å². The predicted molar refractivity (Wildman–Crippen MR) is 60.0 cm³/mol. The predicted octanol–water partition coefficient (Wildman–Crippen LogP) is 1.07. The minimum absolute atomic E-state index is 0.117. The molecule has 0 saturated heterocycles. The van der Waals surface area contributed by atoms with Gasteiger partial charge in [0.25, 0.3) is 0 Å². The standard InChI is InChI=1S/C11H16N2O4/c1-4-16-7-8(2)17-10-6-12-9(5-13-10)11(14)15-3/h5-6,8H,4,7H2,1-3H3. The second-order valence-corrected chi connectivity index (χ2v) is 3.32. The van der Waals surface area contributed by atoms with Crippen LogP contribution in [0.4, 0.5) is 0 Å². The fourth-order valence-corrected chi connectivity index (χ4v) is 1.11. The van der Waals surface area contributed by atoms with Crippen LogP contribution in [0.5, 0.6) is 5.88 Å². The first-order chi connectivity index (χ1) is 8.17. The van der Waals surface area contributed by atoms with Gasteiger partial charge in [-0.1, -0.05) is 0 Å². The number of methoxy groups -OCH3 is 1. The smallest absolute Gasteiger partial charge is 0.358 e. The molecule has 6 nitrogen and oxygen atoms in total. The Labute approximate surface area is 99.9 Å². The zero-order valence-electron chi connectivity index (χ0n) is 10.2. The minimum atomic E-state index is -0.522. The molecule has 0 fully saturated rings. The molecule has 1 atom stereocenters. The molecule has 1 unspecified atom stereocenters. The number of carbonyl (C=O) groups excluding carboxylic acids is 1. The van der Waals surface area contributed by atoms with Crippen LogP contribution in [0.15, 0.2) is 12.4 Å². The Balaban J connectivity index is 2.53. The molecule has 0 aliphatic heterocycles.